The third-order valence-corrected chi connectivity index (χ3v) is 12.6. The van der Waals surface area contributed by atoms with Gasteiger partial charge in [0.05, 0.1) is 0 Å². The first kappa shape index (κ1) is 13.6. The summed E-state index contributed by atoms with van der Waals surface area (Å²) in [5, 5.41) is 0. The SMILES string of the molecule is C[Se]C(C)(C)CC(C)([Se]C)[Se]C. The van der Waals surface area contributed by atoms with Crippen LogP contribution >= 0.6 is 0 Å². The molecule has 0 nitrogen and oxygen atoms in total. The van der Waals surface area contributed by atoms with E-state index < -0.39 is 0 Å². The molecule has 3 heteroatoms. The Balaban J connectivity index is 4.20. The molecular formula is C9H20Se3. The Kier molecular flexibility index (Phi) is 6.15. The van der Waals surface area contributed by atoms with Crippen molar-refractivity contribution in [2.45, 2.75) is 52.2 Å². The van der Waals surface area contributed by atoms with Crippen molar-refractivity contribution in [1.29, 1.82) is 0 Å². The second-order valence-corrected chi connectivity index (χ2v) is 13.7. The van der Waals surface area contributed by atoms with E-state index in [1.54, 1.807) is 0 Å². The zero-order chi connectivity index (χ0) is 9.83. The van der Waals surface area contributed by atoms with Gasteiger partial charge in [0.15, 0.2) is 0 Å². The first-order valence-electron chi connectivity index (χ1n) is 4.04. The van der Waals surface area contributed by atoms with Crippen LogP contribution in [0.15, 0.2) is 0 Å². The summed E-state index contributed by atoms with van der Waals surface area (Å²) in [6.07, 6.45) is 1.45. The predicted molar refractivity (Wildman–Crippen MR) is 61.9 cm³/mol. The van der Waals surface area contributed by atoms with Crippen molar-refractivity contribution in [2.24, 2.45) is 0 Å². The Bertz CT molecular complexity index is 128. The molecule has 74 valence electrons. The molecule has 0 saturated heterocycles. The fraction of sp³-hybridized carbons (Fsp3) is 1.00. The van der Waals surface area contributed by atoms with Gasteiger partial charge in [0.25, 0.3) is 0 Å². The minimum atomic E-state index is 0.622. The standard InChI is InChI=1S/C9H20Se3/c1-8(2,10-4)7-9(3,11-5)12-6/h7H2,1-6H3. The Morgan fingerprint density at radius 3 is 1.50 bits per heavy atom. The molecule has 0 saturated carbocycles. The molecule has 0 fully saturated rings. The minimum absolute atomic E-state index is 0.622. The Labute approximate surface area is 96.5 Å². The van der Waals surface area contributed by atoms with Gasteiger partial charge < -0.3 is 0 Å². The molecule has 0 amide bonds. The molecule has 0 aromatic rings. The van der Waals surface area contributed by atoms with Gasteiger partial charge in [-0.1, -0.05) is 0 Å². The molecule has 0 radical (unpaired) electrons. The van der Waals surface area contributed by atoms with E-state index in [2.05, 4.69) is 38.2 Å². The monoisotopic (exact) mass is 368 g/mol. The molecule has 0 aliphatic carbocycles. The van der Waals surface area contributed by atoms with Gasteiger partial charge in [0.1, 0.15) is 0 Å². The summed E-state index contributed by atoms with van der Waals surface area (Å²) >= 11 is 2.44. The number of rotatable bonds is 5. The summed E-state index contributed by atoms with van der Waals surface area (Å²) in [6.45, 7) is 7.35. The summed E-state index contributed by atoms with van der Waals surface area (Å²) in [6, 6.07) is 0. The van der Waals surface area contributed by atoms with E-state index in [9.17, 15) is 0 Å². The van der Waals surface area contributed by atoms with Gasteiger partial charge in [0.2, 0.25) is 0 Å². The van der Waals surface area contributed by atoms with Crippen LogP contribution in [0.3, 0.4) is 0 Å². The van der Waals surface area contributed by atoms with E-state index in [4.69, 9.17) is 0 Å². The van der Waals surface area contributed by atoms with Gasteiger partial charge >= 0.3 is 97.1 Å². The third-order valence-electron chi connectivity index (χ3n) is 2.16. The van der Waals surface area contributed by atoms with Gasteiger partial charge in [-0.2, -0.15) is 0 Å². The van der Waals surface area contributed by atoms with Crippen LogP contribution < -0.4 is 0 Å². The molecule has 0 rings (SSSR count). The fourth-order valence-corrected chi connectivity index (χ4v) is 7.19. The summed E-state index contributed by atoms with van der Waals surface area (Å²) in [7, 11) is 0. The topological polar surface area (TPSA) is 0 Å². The van der Waals surface area contributed by atoms with Crippen molar-refractivity contribution < 1.29 is 0 Å². The van der Waals surface area contributed by atoms with Crippen LogP contribution in [0.2, 0.25) is 25.0 Å². The van der Waals surface area contributed by atoms with Crippen LogP contribution in [0.4, 0.5) is 0 Å². The number of hydrogen-bond donors (Lipinski definition) is 0. The number of hydrogen-bond acceptors (Lipinski definition) is 0. The summed E-state index contributed by atoms with van der Waals surface area (Å²) in [4.78, 5) is 0. The molecule has 0 spiro atoms. The molecule has 0 heterocycles. The van der Waals surface area contributed by atoms with Gasteiger partial charge in [0, 0.05) is 0 Å². The van der Waals surface area contributed by atoms with E-state index in [0.717, 1.165) is 44.9 Å². The van der Waals surface area contributed by atoms with Crippen LogP contribution in [0.1, 0.15) is 27.2 Å². The zero-order valence-electron chi connectivity index (χ0n) is 8.93. The van der Waals surface area contributed by atoms with Gasteiger partial charge in [-0.25, -0.2) is 0 Å². The molecule has 0 N–H and O–H groups in total. The Morgan fingerprint density at radius 1 is 0.833 bits per heavy atom. The molecular weight excluding hydrogens is 345 g/mol. The molecule has 0 aromatic carbocycles. The molecule has 0 unspecified atom stereocenters. The van der Waals surface area contributed by atoms with Crippen LogP contribution in [0.25, 0.3) is 0 Å². The van der Waals surface area contributed by atoms with Gasteiger partial charge in [-0.05, 0) is 0 Å². The van der Waals surface area contributed by atoms with E-state index in [0.29, 0.717) is 7.53 Å². The Morgan fingerprint density at radius 2 is 1.25 bits per heavy atom. The molecule has 0 aliphatic heterocycles. The fourth-order valence-electron chi connectivity index (χ4n) is 1.07. The molecule has 0 aliphatic rings. The van der Waals surface area contributed by atoms with Crippen molar-refractivity contribution in [2.75, 3.05) is 0 Å². The molecule has 0 aromatic heterocycles. The van der Waals surface area contributed by atoms with E-state index >= 15 is 0 Å². The first-order valence-corrected chi connectivity index (χ1v) is 11.8. The second kappa shape index (κ2) is 5.44. The van der Waals surface area contributed by atoms with E-state index in [-0.39, 0.29) is 0 Å². The van der Waals surface area contributed by atoms with Crippen LogP contribution in [0.5, 0.6) is 0 Å². The van der Waals surface area contributed by atoms with E-state index in [1.807, 2.05) is 0 Å². The zero-order valence-corrected chi connectivity index (χ0v) is 14.1. The second-order valence-electron chi connectivity index (χ2n) is 3.68. The van der Waals surface area contributed by atoms with E-state index in [1.165, 1.54) is 6.42 Å². The Hall–Kier alpha value is 1.56. The van der Waals surface area contributed by atoms with Crippen molar-refractivity contribution >= 4 is 44.9 Å². The quantitative estimate of drug-likeness (QED) is 0.658. The third kappa shape index (κ3) is 4.70. The average molecular weight is 365 g/mol. The average Bonchev–Trinajstić information content (AvgIpc) is 2.04. The van der Waals surface area contributed by atoms with Gasteiger partial charge in [-0.15, -0.1) is 0 Å². The summed E-state index contributed by atoms with van der Waals surface area (Å²) in [5.41, 5.74) is 0. The summed E-state index contributed by atoms with van der Waals surface area (Å²) < 4.78 is 1.33. The molecule has 0 atom stereocenters. The van der Waals surface area contributed by atoms with Crippen molar-refractivity contribution in [3.63, 3.8) is 0 Å². The first-order chi connectivity index (χ1) is 5.39. The predicted octanol–water partition coefficient (Wildman–Crippen LogP) is 2.97. The van der Waals surface area contributed by atoms with Gasteiger partial charge in [-0.3, -0.25) is 0 Å². The van der Waals surface area contributed by atoms with Crippen LogP contribution in [-0.4, -0.2) is 44.9 Å². The van der Waals surface area contributed by atoms with Crippen LogP contribution in [0, 0.1) is 0 Å². The van der Waals surface area contributed by atoms with Crippen molar-refractivity contribution in [1.82, 2.24) is 0 Å². The van der Waals surface area contributed by atoms with Crippen molar-refractivity contribution in [3.05, 3.63) is 0 Å². The molecule has 12 heavy (non-hydrogen) atoms. The summed E-state index contributed by atoms with van der Waals surface area (Å²) in [5.74, 6) is 7.17. The normalized spacial score (nSPS) is 13.5. The maximum absolute atomic E-state index is 2.49. The van der Waals surface area contributed by atoms with Crippen molar-refractivity contribution in [3.8, 4) is 0 Å². The van der Waals surface area contributed by atoms with Crippen LogP contribution in [-0.2, 0) is 0 Å². The maximum atomic E-state index is 2.49. The molecule has 0 bridgehead atoms.